The monoisotopic (exact) mass is 283 g/mol. The van der Waals surface area contributed by atoms with Crippen LogP contribution in [0, 0.1) is 11.8 Å². The van der Waals surface area contributed by atoms with Crippen molar-refractivity contribution in [3.8, 4) is 0 Å². The van der Waals surface area contributed by atoms with Crippen LogP contribution in [0.2, 0.25) is 0 Å². The molecule has 21 heavy (non-hydrogen) atoms. The zero-order chi connectivity index (χ0) is 14.7. The molecule has 0 spiro atoms. The first-order valence-corrected chi connectivity index (χ1v) is 8.14. The Labute approximate surface area is 127 Å². The lowest BCUT2D eigenvalue weighted by Gasteiger charge is -2.28. The number of benzene rings is 1. The van der Waals surface area contributed by atoms with Gasteiger partial charge >= 0.3 is 0 Å². The number of nitrogens with zero attached hydrogens (tertiary/aromatic N) is 1. The van der Waals surface area contributed by atoms with E-state index in [0.29, 0.717) is 0 Å². The van der Waals surface area contributed by atoms with Crippen LogP contribution in [0.25, 0.3) is 10.9 Å². The number of pyridine rings is 1. The molecule has 0 aliphatic heterocycles. The first-order chi connectivity index (χ1) is 10.2. The van der Waals surface area contributed by atoms with Gasteiger partial charge in [-0.15, -0.1) is 0 Å². The van der Waals surface area contributed by atoms with E-state index in [1.165, 1.54) is 32.1 Å². The predicted octanol–water partition coefficient (Wildman–Crippen LogP) is 4.45. The van der Waals surface area contributed by atoms with Gasteiger partial charge in [-0.1, -0.05) is 26.2 Å². The van der Waals surface area contributed by atoms with Gasteiger partial charge in [0.15, 0.2) is 0 Å². The van der Waals surface area contributed by atoms with E-state index in [4.69, 9.17) is 5.73 Å². The van der Waals surface area contributed by atoms with E-state index in [9.17, 15) is 0 Å². The molecule has 0 atom stereocenters. The summed E-state index contributed by atoms with van der Waals surface area (Å²) in [4.78, 5) is 4.67. The molecule has 112 valence electrons. The molecule has 2 aromatic rings. The minimum atomic E-state index is 0.790. The molecular formula is C18H25N3. The largest absolute Gasteiger partial charge is 0.399 e. The van der Waals surface area contributed by atoms with Gasteiger partial charge in [0.05, 0.1) is 5.52 Å². The Kier molecular flexibility index (Phi) is 4.28. The van der Waals surface area contributed by atoms with Gasteiger partial charge in [-0.3, -0.25) is 0 Å². The highest BCUT2D eigenvalue weighted by molar-refractivity contribution is 5.83. The molecule has 3 rings (SSSR count). The summed E-state index contributed by atoms with van der Waals surface area (Å²) in [5.41, 5.74) is 7.59. The van der Waals surface area contributed by atoms with Crippen molar-refractivity contribution in [2.24, 2.45) is 11.8 Å². The number of aromatic nitrogens is 1. The minimum Gasteiger partial charge on any atom is -0.399 e. The van der Waals surface area contributed by atoms with Gasteiger partial charge < -0.3 is 11.1 Å². The summed E-state index contributed by atoms with van der Waals surface area (Å²) in [6, 6.07) is 10.0. The average molecular weight is 283 g/mol. The molecule has 0 radical (unpaired) electrons. The number of nitrogens with one attached hydrogen (secondary N) is 1. The number of hydrogen-bond donors (Lipinski definition) is 2. The number of nitrogens with two attached hydrogens (primary N) is 1. The third kappa shape index (κ3) is 3.46. The molecule has 0 bridgehead atoms. The van der Waals surface area contributed by atoms with Crippen molar-refractivity contribution in [2.45, 2.75) is 39.0 Å². The van der Waals surface area contributed by atoms with Gasteiger partial charge in [-0.2, -0.15) is 0 Å². The van der Waals surface area contributed by atoms with Crippen molar-refractivity contribution in [1.82, 2.24) is 4.98 Å². The molecule has 0 saturated heterocycles. The maximum absolute atomic E-state index is 5.80. The molecule has 1 aromatic carbocycles. The Morgan fingerprint density at radius 2 is 1.86 bits per heavy atom. The lowest BCUT2D eigenvalue weighted by atomic mass is 9.81. The van der Waals surface area contributed by atoms with Crippen LogP contribution in [0.3, 0.4) is 0 Å². The minimum absolute atomic E-state index is 0.790. The first-order valence-electron chi connectivity index (χ1n) is 8.14. The lowest BCUT2D eigenvalue weighted by Crippen LogP contribution is -2.21. The smallest absolute Gasteiger partial charge is 0.126 e. The van der Waals surface area contributed by atoms with Gasteiger partial charge in [-0.25, -0.2) is 4.98 Å². The van der Waals surface area contributed by atoms with Gasteiger partial charge in [0, 0.05) is 17.6 Å². The van der Waals surface area contributed by atoms with Crippen LogP contribution in [-0.2, 0) is 0 Å². The van der Waals surface area contributed by atoms with Crippen molar-refractivity contribution >= 4 is 22.4 Å². The van der Waals surface area contributed by atoms with Gasteiger partial charge in [0.2, 0.25) is 0 Å². The maximum atomic E-state index is 5.80. The van der Waals surface area contributed by atoms with Crippen LogP contribution in [0.15, 0.2) is 30.3 Å². The number of anilines is 2. The van der Waals surface area contributed by atoms with E-state index in [-0.39, 0.29) is 0 Å². The van der Waals surface area contributed by atoms with Crippen molar-refractivity contribution in [3.63, 3.8) is 0 Å². The van der Waals surface area contributed by atoms with E-state index in [1.807, 2.05) is 18.2 Å². The second kappa shape index (κ2) is 6.33. The number of fused-ring (bicyclic) bond motifs is 1. The van der Waals surface area contributed by atoms with Crippen molar-refractivity contribution in [3.05, 3.63) is 30.3 Å². The average Bonchev–Trinajstić information content (AvgIpc) is 2.53. The fourth-order valence-corrected chi connectivity index (χ4v) is 3.34. The van der Waals surface area contributed by atoms with Crippen LogP contribution in [-0.4, -0.2) is 11.5 Å². The summed E-state index contributed by atoms with van der Waals surface area (Å²) in [7, 11) is 0. The molecule has 3 N–H and O–H groups in total. The summed E-state index contributed by atoms with van der Waals surface area (Å²) in [6.07, 6.45) is 6.85. The standard InChI is InChI=1S/C18H25N3/c1-2-13-3-5-14(6-4-13)12-20-18-10-7-15-11-16(19)8-9-17(15)21-18/h7-11,13-14H,2-6,12,19H2,1H3,(H,20,21). The molecule has 1 aliphatic carbocycles. The quantitative estimate of drug-likeness (QED) is 0.815. The molecule has 1 heterocycles. The number of nitrogen functional groups attached to an aromatic ring is 1. The summed E-state index contributed by atoms with van der Waals surface area (Å²) < 4.78 is 0. The highest BCUT2D eigenvalue weighted by Gasteiger charge is 2.19. The van der Waals surface area contributed by atoms with E-state index in [0.717, 1.165) is 40.8 Å². The maximum Gasteiger partial charge on any atom is 0.126 e. The third-order valence-corrected chi connectivity index (χ3v) is 4.83. The van der Waals surface area contributed by atoms with E-state index >= 15 is 0 Å². The fourth-order valence-electron chi connectivity index (χ4n) is 3.34. The Balaban J connectivity index is 1.59. The number of hydrogen-bond acceptors (Lipinski definition) is 3. The predicted molar refractivity (Wildman–Crippen MR) is 90.4 cm³/mol. The summed E-state index contributed by atoms with van der Waals surface area (Å²) >= 11 is 0. The molecular weight excluding hydrogens is 258 g/mol. The Hall–Kier alpha value is -1.77. The zero-order valence-corrected chi connectivity index (χ0v) is 12.8. The highest BCUT2D eigenvalue weighted by Crippen LogP contribution is 2.30. The third-order valence-electron chi connectivity index (χ3n) is 4.83. The molecule has 1 aromatic heterocycles. The van der Waals surface area contributed by atoms with Gasteiger partial charge in [0.25, 0.3) is 0 Å². The molecule has 0 amide bonds. The van der Waals surface area contributed by atoms with E-state index < -0.39 is 0 Å². The normalized spacial score (nSPS) is 22.3. The topological polar surface area (TPSA) is 50.9 Å². The summed E-state index contributed by atoms with van der Waals surface area (Å²) in [5, 5.41) is 4.61. The van der Waals surface area contributed by atoms with Gasteiger partial charge in [0.1, 0.15) is 5.82 Å². The molecule has 0 unspecified atom stereocenters. The zero-order valence-electron chi connectivity index (χ0n) is 12.8. The Morgan fingerprint density at radius 1 is 1.10 bits per heavy atom. The van der Waals surface area contributed by atoms with E-state index in [1.54, 1.807) is 0 Å². The van der Waals surface area contributed by atoms with Crippen molar-refractivity contribution < 1.29 is 0 Å². The lowest BCUT2D eigenvalue weighted by molar-refractivity contribution is 0.278. The van der Waals surface area contributed by atoms with Crippen molar-refractivity contribution in [1.29, 1.82) is 0 Å². The second-order valence-electron chi connectivity index (χ2n) is 6.32. The first kappa shape index (κ1) is 14.2. The fraction of sp³-hybridized carbons (Fsp3) is 0.500. The van der Waals surface area contributed by atoms with Crippen molar-refractivity contribution in [2.75, 3.05) is 17.6 Å². The SMILES string of the molecule is CCC1CCC(CNc2ccc3cc(N)ccc3n2)CC1. The molecule has 1 aliphatic rings. The van der Waals surface area contributed by atoms with Crippen LogP contribution in [0.4, 0.5) is 11.5 Å². The van der Waals surface area contributed by atoms with Crippen LogP contribution in [0.1, 0.15) is 39.0 Å². The second-order valence-corrected chi connectivity index (χ2v) is 6.32. The molecule has 3 heteroatoms. The van der Waals surface area contributed by atoms with Crippen LogP contribution >= 0.6 is 0 Å². The molecule has 1 saturated carbocycles. The molecule has 3 nitrogen and oxygen atoms in total. The summed E-state index contributed by atoms with van der Waals surface area (Å²) in [5.74, 6) is 2.74. The Bertz CT molecular complexity index is 600. The highest BCUT2D eigenvalue weighted by atomic mass is 15.0. The van der Waals surface area contributed by atoms with Crippen LogP contribution < -0.4 is 11.1 Å². The van der Waals surface area contributed by atoms with Crippen LogP contribution in [0.5, 0.6) is 0 Å². The van der Waals surface area contributed by atoms with E-state index in [2.05, 4.69) is 29.4 Å². The summed E-state index contributed by atoms with van der Waals surface area (Å²) in [6.45, 7) is 3.36. The Morgan fingerprint density at radius 3 is 2.62 bits per heavy atom. The number of rotatable bonds is 4. The molecule has 1 fully saturated rings. The van der Waals surface area contributed by atoms with Gasteiger partial charge in [-0.05, 0) is 55.0 Å².